The summed E-state index contributed by atoms with van der Waals surface area (Å²) >= 11 is 1.83. The number of halogens is 2. The van der Waals surface area contributed by atoms with Gasteiger partial charge < -0.3 is 5.32 Å². The highest BCUT2D eigenvalue weighted by molar-refractivity contribution is 7.18. The SMILES string of the molecule is Cl.Cl.c1ccc2sc(C3CNC3)nc2c1. The van der Waals surface area contributed by atoms with E-state index in [4.69, 9.17) is 0 Å². The zero-order chi connectivity index (χ0) is 8.67. The molecule has 0 spiro atoms. The molecule has 2 aromatic rings. The summed E-state index contributed by atoms with van der Waals surface area (Å²) in [5.74, 6) is 0.664. The molecule has 1 aromatic carbocycles. The van der Waals surface area contributed by atoms with Gasteiger partial charge in [-0.1, -0.05) is 12.1 Å². The molecule has 0 bridgehead atoms. The number of hydrogen-bond donors (Lipinski definition) is 1. The van der Waals surface area contributed by atoms with Crippen molar-refractivity contribution in [2.75, 3.05) is 13.1 Å². The van der Waals surface area contributed by atoms with Crippen LogP contribution in [-0.4, -0.2) is 18.1 Å². The van der Waals surface area contributed by atoms with Crippen molar-refractivity contribution in [3.05, 3.63) is 29.3 Å². The molecule has 0 amide bonds. The van der Waals surface area contributed by atoms with E-state index in [1.807, 2.05) is 17.4 Å². The molecule has 1 N–H and O–H groups in total. The average Bonchev–Trinajstić information content (AvgIpc) is 2.43. The lowest BCUT2D eigenvalue weighted by molar-refractivity contribution is 0.447. The second-order valence-corrected chi connectivity index (χ2v) is 4.44. The molecule has 0 unspecified atom stereocenters. The highest BCUT2D eigenvalue weighted by Gasteiger charge is 2.22. The molecule has 1 aromatic heterocycles. The van der Waals surface area contributed by atoms with E-state index < -0.39 is 0 Å². The van der Waals surface area contributed by atoms with Crippen molar-refractivity contribution in [1.82, 2.24) is 10.3 Å². The molecule has 0 aliphatic carbocycles. The number of para-hydroxylation sites is 1. The van der Waals surface area contributed by atoms with Gasteiger partial charge in [0, 0.05) is 19.0 Å². The molecular formula is C10H12Cl2N2S. The molecule has 0 atom stereocenters. The van der Waals surface area contributed by atoms with Gasteiger partial charge in [-0.3, -0.25) is 0 Å². The van der Waals surface area contributed by atoms with Gasteiger partial charge in [-0.2, -0.15) is 0 Å². The van der Waals surface area contributed by atoms with Gasteiger partial charge in [0.2, 0.25) is 0 Å². The zero-order valence-electron chi connectivity index (χ0n) is 7.97. The Labute approximate surface area is 105 Å². The van der Waals surface area contributed by atoms with Crippen LogP contribution in [0.1, 0.15) is 10.9 Å². The van der Waals surface area contributed by atoms with E-state index >= 15 is 0 Å². The summed E-state index contributed by atoms with van der Waals surface area (Å²) in [6.07, 6.45) is 0. The second kappa shape index (κ2) is 5.12. The lowest BCUT2D eigenvalue weighted by atomic mass is 10.1. The van der Waals surface area contributed by atoms with Gasteiger partial charge in [-0.15, -0.1) is 36.2 Å². The van der Waals surface area contributed by atoms with E-state index in [0.717, 1.165) is 18.6 Å². The number of rotatable bonds is 1. The first-order valence-corrected chi connectivity index (χ1v) is 5.31. The van der Waals surface area contributed by atoms with Gasteiger partial charge in [0.05, 0.1) is 15.2 Å². The van der Waals surface area contributed by atoms with Gasteiger partial charge in [0.25, 0.3) is 0 Å². The first-order chi connectivity index (χ1) is 6.43. The molecule has 0 radical (unpaired) electrons. The number of hydrogen-bond acceptors (Lipinski definition) is 3. The van der Waals surface area contributed by atoms with E-state index in [9.17, 15) is 0 Å². The Morgan fingerprint density at radius 2 is 1.93 bits per heavy atom. The third-order valence-electron chi connectivity index (χ3n) is 2.44. The van der Waals surface area contributed by atoms with Crippen molar-refractivity contribution in [2.45, 2.75) is 5.92 Å². The third kappa shape index (κ3) is 2.26. The molecule has 1 aliphatic rings. The van der Waals surface area contributed by atoms with Crippen LogP contribution in [0.3, 0.4) is 0 Å². The second-order valence-electron chi connectivity index (χ2n) is 3.37. The summed E-state index contributed by atoms with van der Waals surface area (Å²) < 4.78 is 1.31. The molecule has 1 aliphatic heterocycles. The van der Waals surface area contributed by atoms with Crippen molar-refractivity contribution in [3.8, 4) is 0 Å². The first-order valence-electron chi connectivity index (χ1n) is 4.50. The molecule has 0 saturated carbocycles. The maximum Gasteiger partial charge on any atom is 0.0994 e. The molecule has 1 fully saturated rings. The maximum atomic E-state index is 4.61. The van der Waals surface area contributed by atoms with E-state index in [2.05, 4.69) is 28.5 Å². The summed E-state index contributed by atoms with van der Waals surface area (Å²) in [5.41, 5.74) is 1.15. The monoisotopic (exact) mass is 262 g/mol. The van der Waals surface area contributed by atoms with E-state index in [1.54, 1.807) is 0 Å². The van der Waals surface area contributed by atoms with Crippen LogP contribution < -0.4 is 5.32 Å². The standard InChI is InChI=1S/C10H10N2S.2ClH/c1-2-4-9-8(3-1)12-10(13-9)7-5-11-6-7;;/h1-4,7,11H,5-6H2;2*1H. The molecular weight excluding hydrogens is 251 g/mol. The normalized spacial score (nSPS) is 15.2. The summed E-state index contributed by atoms with van der Waals surface area (Å²) in [4.78, 5) is 4.61. The Morgan fingerprint density at radius 3 is 2.53 bits per heavy atom. The Hall–Kier alpha value is -0.350. The number of fused-ring (bicyclic) bond motifs is 1. The molecule has 1 saturated heterocycles. The van der Waals surface area contributed by atoms with Crippen LogP contribution in [-0.2, 0) is 0 Å². The van der Waals surface area contributed by atoms with Crippen LogP contribution in [0.25, 0.3) is 10.2 Å². The highest BCUT2D eigenvalue weighted by atomic mass is 35.5. The van der Waals surface area contributed by atoms with Gasteiger partial charge in [-0.25, -0.2) is 4.98 Å². The zero-order valence-corrected chi connectivity index (χ0v) is 10.4. The van der Waals surface area contributed by atoms with Gasteiger partial charge in [-0.05, 0) is 12.1 Å². The van der Waals surface area contributed by atoms with Crippen LogP contribution in [0.4, 0.5) is 0 Å². The Kier molecular flexibility index (Phi) is 4.34. The number of benzene rings is 1. The molecule has 3 rings (SSSR count). The van der Waals surface area contributed by atoms with Crippen LogP contribution in [0.2, 0.25) is 0 Å². The average molecular weight is 263 g/mol. The Morgan fingerprint density at radius 1 is 1.20 bits per heavy atom. The summed E-state index contributed by atoms with van der Waals surface area (Å²) in [5, 5.41) is 4.56. The number of thiazole rings is 1. The van der Waals surface area contributed by atoms with Gasteiger partial charge in [0.1, 0.15) is 0 Å². The largest absolute Gasteiger partial charge is 0.315 e. The van der Waals surface area contributed by atoms with E-state index in [-0.39, 0.29) is 24.8 Å². The van der Waals surface area contributed by atoms with Gasteiger partial charge >= 0.3 is 0 Å². The molecule has 2 nitrogen and oxygen atoms in total. The van der Waals surface area contributed by atoms with E-state index in [0.29, 0.717) is 5.92 Å². The first kappa shape index (κ1) is 12.7. The quantitative estimate of drug-likeness (QED) is 0.855. The van der Waals surface area contributed by atoms with Crippen molar-refractivity contribution >= 4 is 46.4 Å². The minimum absolute atomic E-state index is 0. The molecule has 2 heterocycles. The topological polar surface area (TPSA) is 24.9 Å². The molecule has 5 heteroatoms. The Balaban J connectivity index is 0.000000562. The summed E-state index contributed by atoms with van der Waals surface area (Å²) in [7, 11) is 0. The lowest BCUT2D eigenvalue weighted by Crippen LogP contribution is -2.39. The lowest BCUT2D eigenvalue weighted by Gasteiger charge is -2.24. The van der Waals surface area contributed by atoms with Crippen molar-refractivity contribution in [1.29, 1.82) is 0 Å². The minimum atomic E-state index is 0. The van der Waals surface area contributed by atoms with Crippen LogP contribution >= 0.6 is 36.2 Å². The van der Waals surface area contributed by atoms with Crippen LogP contribution in [0, 0.1) is 0 Å². The van der Waals surface area contributed by atoms with Crippen molar-refractivity contribution < 1.29 is 0 Å². The fraction of sp³-hybridized carbons (Fsp3) is 0.300. The summed E-state index contributed by atoms with van der Waals surface area (Å²) in [6.45, 7) is 2.19. The van der Waals surface area contributed by atoms with Crippen molar-refractivity contribution in [2.24, 2.45) is 0 Å². The fourth-order valence-corrected chi connectivity index (χ4v) is 2.60. The fourth-order valence-electron chi connectivity index (χ4n) is 1.53. The third-order valence-corrected chi connectivity index (χ3v) is 3.64. The summed E-state index contributed by atoms with van der Waals surface area (Å²) in [6, 6.07) is 8.35. The van der Waals surface area contributed by atoms with Crippen LogP contribution in [0.15, 0.2) is 24.3 Å². The molecule has 15 heavy (non-hydrogen) atoms. The minimum Gasteiger partial charge on any atom is -0.315 e. The van der Waals surface area contributed by atoms with Crippen LogP contribution in [0.5, 0.6) is 0 Å². The highest BCUT2D eigenvalue weighted by Crippen LogP contribution is 2.28. The number of nitrogens with zero attached hydrogens (tertiary/aromatic N) is 1. The number of nitrogens with one attached hydrogen (secondary N) is 1. The number of aromatic nitrogens is 1. The maximum absolute atomic E-state index is 4.61. The molecule has 82 valence electrons. The predicted octanol–water partition coefficient (Wildman–Crippen LogP) is 2.83. The van der Waals surface area contributed by atoms with Gasteiger partial charge in [0.15, 0.2) is 0 Å². The smallest absolute Gasteiger partial charge is 0.0994 e. The van der Waals surface area contributed by atoms with Crippen molar-refractivity contribution in [3.63, 3.8) is 0 Å². The Bertz CT molecular complexity index is 407. The predicted molar refractivity (Wildman–Crippen MR) is 69.7 cm³/mol. The van der Waals surface area contributed by atoms with E-state index in [1.165, 1.54) is 9.71 Å².